The number of hydrogen-bond donors (Lipinski definition) is 0. The van der Waals surface area contributed by atoms with Crippen molar-refractivity contribution >= 4 is 0 Å². The first-order valence-electron chi connectivity index (χ1n) is 32.7. The van der Waals surface area contributed by atoms with Gasteiger partial charge in [-0.25, -0.2) is 0 Å². The van der Waals surface area contributed by atoms with Gasteiger partial charge in [0.05, 0.1) is 0 Å². The van der Waals surface area contributed by atoms with E-state index in [4.69, 9.17) is 0 Å². The fourth-order valence-electron chi connectivity index (χ4n) is 17.7. The maximum atomic E-state index is 2.46. The minimum absolute atomic E-state index is 0.000131. The zero-order chi connectivity index (χ0) is 61.8. The molecule has 0 bridgehead atoms. The summed E-state index contributed by atoms with van der Waals surface area (Å²) in [6, 6.07) is 92.6. The van der Waals surface area contributed by atoms with Gasteiger partial charge in [0.25, 0.3) is 0 Å². The van der Waals surface area contributed by atoms with Crippen LogP contribution < -0.4 is 0 Å². The SMILES string of the molecule is CC1(C)c2ccccc2-c2ccc(-c3ccc4c(c3)C(C)(C)c3cc(-c5ccc6c(c5)C(C)(C)c5ccccc5-6)ccc3-4)cc21.CC1(C)c2ccccc2-c2ccc(-c3ccc4c(c3)C(C)(C)c3cc(-c5ccc6c(c5)C(C)(C)c5ccccc5-6)ccc3-4)cc21. The van der Waals surface area contributed by atoms with Crippen molar-refractivity contribution in [1.29, 1.82) is 0 Å². The van der Waals surface area contributed by atoms with E-state index in [0.29, 0.717) is 0 Å². The third-order valence-corrected chi connectivity index (χ3v) is 23.0. The molecule has 0 fully saturated rings. The third-order valence-electron chi connectivity index (χ3n) is 23.0. The maximum absolute atomic E-state index is 2.46. The van der Waals surface area contributed by atoms with Crippen LogP contribution in [-0.2, 0) is 32.5 Å². The van der Waals surface area contributed by atoms with Crippen LogP contribution in [-0.4, -0.2) is 0 Å². The van der Waals surface area contributed by atoms with Gasteiger partial charge in [0.2, 0.25) is 0 Å². The van der Waals surface area contributed by atoms with Gasteiger partial charge in [-0.1, -0.05) is 277 Å². The molecular weight excluding hydrogens is 1080 g/mol. The highest BCUT2D eigenvalue weighted by Gasteiger charge is 2.42. The largest absolute Gasteiger partial charge is 0.0619 e. The molecule has 18 rings (SSSR count). The van der Waals surface area contributed by atoms with Gasteiger partial charge >= 0.3 is 0 Å². The summed E-state index contributed by atoms with van der Waals surface area (Å²) < 4.78 is 0. The van der Waals surface area contributed by atoms with Crippen molar-refractivity contribution in [2.75, 3.05) is 0 Å². The molecule has 0 heterocycles. The highest BCUT2D eigenvalue weighted by atomic mass is 14.5. The Morgan fingerprint density at radius 1 is 0.133 bits per heavy atom. The molecule has 12 aromatic carbocycles. The molecule has 6 aliphatic carbocycles. The van der Waals surface area contributed by atoms with Crippen LogP contribution in [0.3, 0.4) is 0 Å². The van der Waals surface area contributed by atoms with Crippen LogP contribution in [0.1, 0.15) is 150 Å². The Balaban J connectivity index is 0.000000139. The van der Waals surface area contributed by atoms with Crippen LogP contribution in [0.4, 0.5) is 0 Å². The standard InChI is InChI=1S/2C45H38/c2*1-43(2)37-13-9-7-11-31(37)33-19-15-27(23-39(33)43)29-17-21-35-36-22-18-30(26-42(36)45(5,6)41(35)25-29)28-16-20-34-32-12-8-10-14-38(32)44(3,4)40(34)24-28/h2*7-26H,1-6H3. The highest BCUT2D eigenvalue weighted by Crippen LogP contribution is 2.57. The lowest BCUT2D eigenvalue weighted by molar-refractivity contribution is 0.659. The zero-order valence-electron chi connectivity index (χ0n) is 54.1. The van der Waals surface area contributed by atoms with Gasteiger partial charge in [-0.2, -0.15) is 0 Å². The van der Waals surface area contributed by atoms with Gasteiger partial charge in [-0.05, 0) is 227 Å². The Bertz CT molecular complexity index is 4480. The number of benzene rings is 12. The second-order valence-corrected chi connectivity index (χ2v) is 30.0. The molecule has 0 unspecified atom stereocenters. The molecule has 0 atom stereocenters. The lowest BCUT2D eigenvalue weighted by atomic mass is 9.79. The van der Waals surface area contributed by atoms with E-state index in [9.17, 15) is 0 Å². The van der Waals surface area contributed by atoms with Gasteiger partial charge in [0.15, 0.2) is 0 Å². The van der Waals surface area contributed by atoms with Crippen molar-refractivity contribution in [1.82, 2.24) is 0 Å². The van der Waals surface area contributed by atoms with Gasteiger partial charge < -0.3 is 0 Å². The lowest BCUT2D eigenvalue weighted by Gasteiger charge is -2.24. The Morgan fingerprint density at radius 2 is 0.256 bits per heavy atom. The first-order valence-corrected chi connectivity index (χ1v) is 32.7. The van der Waals surface area contributed by atoms with Crippen LogP contribution in [0, 0.1) is 0 Å². The summed E-state index contributed by atoms with van der Waals surface area (Å²) in [5.74, 6) is 0. The molecule has 6 aliphatic rings. The molecule has 0 amide bonds. The van der Waals surface area contributed by atoms with Crippen LogP contribution in [0.15, 0.2) is 243 Å². The summed E-state index contributed by atoms with van der Waals surface area (Å²) in [4.78, 5) is 0. The molecule has 0 nitrogen and oxygen atoms in total. The van der Waals surface area contributed by atoms with Crippen LogP contribution in [0.2, 0.25) is 0 Å². The van der Waals surface area contributed by atoms with E-state index in [0.717, 1.165) is 0 Å². The van der Waals surface area contributed by atoms with E-state index in [1.807, 2.05) is 0 Å². The first-order chi connectivity index (χ1) is 43.1. The van der Waals surface area contributed by atoms with E-state index < -0.39 is 0 Å². The number of fused-ring (bicyclic) bond motifs is 18. The maximum Gasteiger partial charge on any atom is 0.0159 e. The van der Waals surface area contributed by atoms with Crippen molar-refractivity contribution in [2.45, 2.75) is 116 Å². The van der Waals surface area contributed by atoms with Crippen LogP contribution in [0.25, 0.3) is 111 Å². The lowest BCUT2D eigenvalue weighted by Crippen LogP contribution is -2.16. The van der Waals surface area contributed by atoms with E-state index in [2.05, 4.69) is 326 Å². The second-order valence-electron chi connectivity index (χ2n) is 30.0. The van der Waals surface area contributed by atoms with Gasteiger partial charge in [0, 0.05) is 32.5 Å². The molecular formula is C90H76. The molecule has 0 heteroatoms. The quantitative estimate of drug-likeness (QED) is 0.165. The molecule has 0 saturated carbocycles. The van der Waals surface area contributed by atoms with E-state index in [-0.39, 0.29) is 32.5 Å². The molecule has 0 N–H and O–H groups in total. The number of hydrogen-bond acceptors (Lipinski definition) is 0. The first kappa shape index (κ1) is 54.8. The summed E-state index contributed by atoms with van der Waals surface area (Å²) in [6.07, 6.45) is 0. The predicted molar refractivity (Wildman–Crippen MR) is 380 cm³/mol. The fraction of sp³-hybridized carbons (Fsp3) is 0.200. The molecule has 0 saturated heterocycles. The monoisotopic (exact) mass is 1160 g/mol. The fourth-order valence-corrected chi connectivity index (χ4v) is 17.7. The van der Waals surface area contributed by atoms with Gasteiger partial charge in [0.1, 0.15) is 0 Å². The summed E-state index contributed by atoms with van der Waals surface area (Å²) >= 11 is 0. The van der Waals surface area contributed by atoms with Crippen molar-refractivity contribution in [3.05, 3.63) is 309 Å². The Morgan fingerprint density at radius 3 is 0.411 bits per heavy atom. The summed E-state index contributed by atoms with van der Waals surface area (Å²) in [6.45, 7) is 28.5. The van der Waals surface area contributed by atoms with Crippen LogP contribution in [0.5, 0.6) is 0 Å². The van der Waals surface area contributed by atoms with Crippen molar-refractivity contribution in [2.24, 2.45) is 0 Å². The van der Waals surface area contributed by atoms with Crippen molar-refractivity contribution in [3.63, 3.8) is 0 Å². The summed E-state index contributed by atoms with van der Waals surface area (Å²) in [5, 5.41) is 0. The van der Waals surface area contributed by atoms with Crippen molar-refractivity contribution < 1.29 is 0 Å². The minimum atomic E-state index is -0.0881. The zero-order valence-corrected chi connectivity index (χ0v) is 54.1. The second kappa shape index (κ2) is 18.6. The third kappa shape index (κ3) is 7.55. The molecule has 436 valence electrons. The molecule has 0 aromatic heterocycles. The normalized spacial score (nSPS) is 16.8. The molecule has 90 heavy (non-hydrogen) atoms. The van der Waals surface area contributed by atoms with Gasteiger partial charge in [-0.15, -0.1) is 0 Å². The summed E-state index contributed by atoms with van der Waals surface area (Å²) in [5.41, 5.74) is 43.7. The minimum Gasteiger partial charge on any atom is -0.0619 e. The average molecular weight is 1160 g/mol. The van der Waals surface area contributed by atoms with E-state index >= 15 is 0 Å². The summed E-state index contributed by atoms with van der Waals surface area (Å²) in [7, 11) is 0. The topological polar surface area (TPSA) is 0 Å². The molecule has 12 aromatic rings. The molecule has 0 aliphatic heterocycles. The Kier molecular flexibility index (Phi) is 11.3. The average Bonchev–Trinajstić information content (AvgIpc) is 1.62. The van der Waals surface area contributed by atoms with E-state index in [1.165, 1.54) is 178 Å². The Hall–Kier alpha value is -9.36. The van der Waals surface area contributed by atoms with Gasteiger partial charge in [-0.3, -0.25) is 0 Å². The molecule has 0 radical (unpaired) electrons. The smallest absolute Gasteiger partial charge is 0.0159 e. The number of rotatable bonds is 4. The highest BCUT2D eigenvalue weighted by molar-refractivity contribution is 5.92. The molecule has 0 spiro atoms. The Labute approximate surface area is 533 Å². The van der Waals surface area contributed by atoms with E-state index in [1.54, 1.807) is 0 Å². The van der Waals surface area contributed by atoms with Crippen molar-refractivity contribution in [3.8, 4) is 111 Å². The predicted octanol–water partition coefficient (Wildman–Crippen LogP) is 23.9. The van der Waals surface area contributed by atoms with Crippen LogP contribution >= 0.6 is 0 Å².